The highest BCUT2D eigenvalue weighted by Crippen LogP contribution is 2.30. The Morgan fingerprint density at radius 3 is 2.68 bits per heavy atom. The maximum atomic E-state index is 6.07. The lowest BCUT2D eigenvalue weighted by Crippen LogP contribution is -2.43. The third-order valence-corrected chi connectivity index (χ3v) is 4.20. The van der Waals surface area contributed by atoms with Crippen molar-refractivity contribution in [3.05, 3.63) is 22.8 Å². The predicted molar refractivity (Wildman–Crippen MR) is 76.4 cm³/mol. The first-order chi connectivity index (χ1) is 9.29. The molecule has 1 aromatic rings. The van der Waals surface area contributed by atoms with Gasteiger partial charge in [0.15, 0.2) is 0 Å². The zero-order valence-corrected chi connectivity index (χ0v) is 12.4. The van der Waals surface area contributed by atoms with E-state index in [1.165, 1.54) is 0 Å². The number of ether oxygens (including phenoxy) is 2. The molecule has 0 unspecified atom stereocenters. The van der Waals surface area contributed by atoms with Gasteiger partial charge < -0.3 is 14.8 Å². The van der Waals surface area contributed by atoms with Crippen molar-refractivity contribution in [2.24, 2.45) is 0 Å². The Morgan fingerprint density at radius 2 is 1.95 bits per heavy atom. The average Bonchev–Trinajstić information content (AvgIpc) is 2.37. The maximum absolute atomic E-state index is 6.07. The van der Waals surface area contributed by atoms with Crippen LogP contribution in [0.4, 0.5) is 0 Å². The van der Waals surface area contributed by atoms with Crippen molar-refractivity contribution >= 4 is 15.9 Å². The van der Waals surface area contributed by atoms with Crippen molar-refractivity contribution in [1.82, 2.24) is 10.3 Å². The number of nitrogens with zero attached hydrogens (tertiary/aromatic N) is 1. The summed E-state index contributed by atoms with van der Waals surface area (Å²) >= 11 is 3.42. The third kappa shape index (κ3) is 3.68. The van der Waals surface area contributed by atoms with E-state index in [2.05, 4.69) is 26.2 Å². The van der Waals surface area contributed by atoms with Gasteiger partial charge in [0, 0.05) is 29.6 Å². The monoisotopic (exact) mass is 326 g/mol. The Bertz CT molecular complexity index is 418. The van der Waals surface area contributed by atoms with E-state index in [-0.39, 0.29) is 6.10 Å². The van der Waals surface area contributed by atoms with Gasteiger partial charge in [-0.2, -0.15) is 0 Å². The number of piperidine rings is 1. The van der Waals surface area contributed by atoms with Crippen LogP contribution in [0.2, 0.25) is 0 Å². The molecule has 2 heterocycles. The first kappa shape index (κ1) is 13.3. The molecule has 104 valence electrons. The van der Waals surface area contributed by atoms with Crippen LogP contribution in [0.3, 0.4) is 0 Å². The Labute approximate surface area is 122 Å². The van der Waals surface area contributed by atoms with Crippen molar-refractivity contribution in [2.45, 2.75) is 44.0 Å². The van der Waals surface area contributed by atoms with Gasteiger partial charge in [-0.1, -0.05) is 15.9 Å². The van der Waals surface area contributed by atoms with Crippen LogP contribution in [0.1, 0.15) is 25.7 Å². The molecule has 2 aliphatic rings. The second-order valence-corrected chi connectivity index (χ2v) is 6.15. The number of aromatic nitrogens is 1. The Morgan fingerprint density at radius 1 is 1.16 bits per heavy atom. The summed E-state index contributed by atoms with van der Waals surface area (Å²) in [7, 11) is 0. The summed E-state index contributed by atoms with van der Waals surface area (Å²) in [5.41, 5.74) is 0. The molecule has 5 heteroatoms. The second-order valence-electron chi connectivity index (χ2n) is 5.23. The Balaban J connectivity index is 1.40. The molecule has 1 saturated carbocycles. The number of hydrogen-bond acceptors (Lipinski definition) is 4. The molecule has 2 fully saturated rings. The predicted octanol–water partition coefficient (Wildman–Crippen LogP) is 2.52. The van der Waals surface area contributed by atoms with Gasteiger partial charge in [-0.3, -0.25) is 0 Å². The number of rotatable bonds is 4. The highest BCUT2D eigenvalue weighted by molar-refractivity contribution is 9.10. The zero-order valence-electron chi connectivity index (χ0n) is 10.8. The van der Waals surface area contributed by atoms with E-state index in [4.69, 9.17) is 9.47 Å². The van der Waals surface area contributed by atoms with E-state index < -0.39 is 0 Å². The molecule has 1 aliphatic heterocycles. The van der Waals surface area contributed by atoms with E-state index in [9.17, 15) is 0 Å². The van der Waals surface area contributed by atoms with Gasteiger partial charge in [0.25, 0.3) is 0 Å². The number of pyridine rings is 1. The van der Waals surface area contributed by atoms with Gasteiger partial charge >= 0.3 is 0 Å². The fourth-order valence-electron chi connectivity index (χ4n) is 2.55. The lowest BCUT2D eigenvalue weighted by atomic mass is 9.91. The summed E-state index contributed by atoms with van der Waals surface area (Å²) in [6, 6.07) is 3.80. The lowest BCUT2D eigenvalue weighted by Gasteiger charge is -2.38. The van der Waals surface area contributed by atoms with E-state index in [0.717, 1.165) is 43.2 Å². The molecule has 1 saturated heterocycles. The van der Waals surface area contributed by atoms with Crippen molar-refractivity contribution in [3.8, 4) is 5.88 Å². The molecule has 0 atom stereocenters. The van der Waals surface area contributed by atoms with E-state index in [1.807, 2.05) is 12.1 Å². The van der Waals surface area contributed by atoms with Gasteiger partial charge in [0.2, 0.25) is 5.88 Å². The summed E-state index contributed by atoms with van der Waals surface area (Å²) < 4.78 is 12.9. The zero-order chi connectivity index (χ0) is 13.1. The topological polar surface area (TPSA) is 43.4 Å². The fraction of sp³-hybridized carbons (Fsp3) is 0.643. The molecule has 0 bridgehead atoms. The van der Waals surface area contributed by atoms with Gasteiger partial charge in [0.1, 0.15) is 6.10 Å². The summed E-state index contributed by atoms with van der Waals surface area (Å²) in [6.45, 7) is 2.17. The second kappa shape index (κ2) is 6.20. The molecular weight excluding hydrogens is 308 g/mol. The van der Waals surface area contributed by atoms with Crippen LogP contribution in [-0.2, 0) is 4.74 Å². The molecule has 0 aromatic carbocycles. The Hall–Kier alpha value is -0.650. The summed E-state index contributed by atoms with van der Waals surface area (Å²) in [5.74, 6) is 0.694. The molecule has 0 amide bonds. The third-order valence-electron chi connectivity index (χ3n) is 3.71. The van der Waals surface area contributed by atoms with Crippen molar-refractivity contribution in [3.63, 3.8) is 0 Å². The van der Waals surface area contributed by atoms with Crippen LogP contribution < -0.4 is 10.1 Å². The molecule has 1 N–H and O–H groups in total. The summed E-state index contributed by atoms with van der Waals surface area (Å²) in [6.07, 6.45) is 7.06. The highest BCUT2D eigenvalue weighted by atomic mass is 79.9. The van der Waals surface area contributed by atoms with Crippen LogP contribution in [-0.4, -0.2) is 36.4 Å². The van der Waals surface area contributed by atoms with Crippen molar-refractivity contribution in [2.75, 3.05) is 13.1 Å². The molecule has 0 radical (unpaired) electrons. The van der Waals surface area contributed by atoms with Gasteiger partial charge in [0.05, 0.1) is 12.2 Å². The fourth-order valence-corrected chi connectivity index (χ4v) is 2.86. The maximum Gasteiger partial charge on any atom is 0.214 e. The number of halogens is 1. The summed E-state index contributed by atoms with van der Waals surface area (Å²) in [4.78, 5) is 4.20. The van der Waals surface area contributed by atoms with Crippen LogP contribution >= 0.6 is 15.9 Å². The molecule has 0 spiro atoms. The molecule has 19 heavy (non-hydrogen) atoms. The van der Waals surface area contributed by atoms with Gasteiger partial charge in [-0.05, 0) is 32.0 Å². The molecule has 1 aliphatic carbocycles. The average molecular weight is 327 g/mol. The smallest absolute Gasteiger partial charge is 0.214 e. The van der Waals surface area contributed by atoms with Gasteiger partial charge in [-0.15, -0.1) is 0 Å². The molecule has 4 nitrogen and oxygen atoms in total. The molecular formula is C14H19BrN2O2. The van der Waals surface area contributed by atoms with Crippen LogP contribution in [0.5, 0.6) is 5.88 Å². The number of nitrogens with one attached hydrogen (secondary N) is 1. The number of hydrogen-bond donors (Lipinski definition) is 1. The minimum absolute atomic E-state index is 0.258. The van der Waals surface area contributed by atoms with E-state index in [0.29, 0.717) is 18.1 Å². The summed E-state index contributed by atoms with van der Waals surface area (Å²) in [5, 5.41) is 3.35. The van der Waals surface area contributed by atoms with Crippen LogP contribution in [0.25, 0.3) is 0 Å². The molecule has 3 rings (SSSR count). The van der Waals surface area contributed by atoms with E-state index in [1.54, 1.807) is 6.20 Å². The van der Waals surface area contributed by atoms with E-state index >= 15 is 0 Å². The van der Waals surface area contributed by atoms with Crippen LogP contribution in [0.15, 0.2) is 22.8 Å². The minimum atomic E-state index is 0.258. The standard InChI is InChI=1S/C14H19BrN2O2/c15-10-1-6-17-14(7-10)19-13-8-12(9-13)18-11-2-4-16-5-3-11/h1,6-7,11-13,16H,2-5,8-9H2. The lowest BCUT2D eigenvalue weighted by molar-refractivity contribution is -0.104. The SMILES string of the molecule is Brc1ccnc(OC2CC(OC3CCNCC3)C2)c1. The first-order valence-electron chi connectivity index (χ1n) is 6.94. The molecule has 1 aromatic heterocycles. The minimum Gasteiger partial charge on any atom is -0.474 e. The largest absolute Gasteiger partial charge is 0.474 e. The van der Waals surface area contributed by atoms with Crippen molar-refractivity contribution in [1.29, 1.82) is 0 Å². The first-order valence-corrected chi connectivity index (χ1v) is 7.73. The van der Waals surface area contributed by atoms with Crippen LogP contribution in [0, 0.1) is 0 Å². The van der Waals surface area contributed by atoms with Gasteiger partial charge in [-0.25, -0.2) is 4.98 Å². The van der Waals surface area contributed by atoms with Crippen molar-refractivity contribution < 1.29 is 9.47 Å². The normalized spacial score (nSPS) is 27.8. The quantitative estimate of drug-likeness (QED) is 0.923. The highest BCUT2D eigenvalue weighted by Gasteiger charge is 2.34. The Kier molecular flexibility index (Phi) is 4.35.